The van der Waals surface area contributed by atoms with E-state index in [9.17, 15) is 0 Å². The van der Waals surface area contributed by atoms with Crippen molar-refractivity contribution in [2.45, 2.75) is 32.4 Å². The summed E-state index contributed by atoms with van der Waals surface area (Å²) in [6.45, 7) is 5.57. The molecule has 1 aromatic rings. The normalized spacial score (nSPS) is 14.3. The number of nitrogens with zero attached hydrogens (tertiary/aromatic N) is 1. The molecule has 0 fully saturated rings. The zero-order chi connectivity index (χ0) is 15.0. The fourth-order valence-corrected chi connectivity index (χ4v) is 3.32. The van der Waals surface area contributed by atoms with E-state index in [0.717, 1.165) is 17.9 Å². The van der Waals surface area contributed by atoms with E-state index in [1.165, 1.54) is 5.56 Å². The standard InChI is InChI=1S/C16H28N2OS/c1-5-14(12-20-4)18(3)16(11-17)13-7-9-15(10-8-13)19-6-2/h7-10,14,16H,5-6,11-12,17H2,1-4H3. The van der Waals surface area contributed by atoms with Crippen LogP contribution in [0.25, 0.3) is 0 Å². The van der Waals surface area contributed by atoms with Gasteiger partial charge in [0.05, 0.1) is 6.61 Å². The third-order valence-electron chi connectivity index (χ3n) is 3.70. The monoisotopic (exact) mass is 296 g/mol. The number of benzene rings is 1. The number of hydrogen-bond donors (Lipinski definition) is 1. The molecule has 3 nitrogen and oxygen atoms in total. The van der Waals surface area contributed by atoms with Crippen LogP contribution in [0.4, 0.5) is 0 Å². The van der Waals surface area contributed by atoms with E-state index in [1.54, 1.807) is 0 Å². The molecule has 0 bridgehead atoms. The van der Waals surface area contributed by atoms with Gasteiger partial charge in [0.15, 0.2) is 0 Å². The number of hydrogen-bond acceptors (Lipinski definition) is 4. The molecular weight excluding hydrogens is 268 g/mol. The van der Waals surface area contributed by atoms with Crippen molar-refractivity contribution in [1.82, 2.24) is 4.90 Å². The maximum atomic E-state index is 6.01. The van der Waals surface area contributed by atoms with E-state index in [2.05, 4.69) is 37.3 Å². The lowest BCUT2D eigenvalue weighted by molar-refractivity contribution is 0.188. The van der Waals surface area contributed by atoms with Gasteiger partial charge < -0.3 is 10.5 Å². The van der Waals surface area contributed by atoms with Gasteiger partial charge in [0, 0.05) is 24.4 Å². The molecule has 0 spiro atoms. The number of nitrogens with two attached hydrogens (primary N) is 1. The molecule has 0 radical (unpaired) electrons. The minimum Gasteiger partial charge on any atom is -0.494 e. The molecule has 0 aromatic heterocycles. The van der Waals surface area contributed by atoms with Gasteiger partial charge in [-0.05, 0) is 44.3 Å². The zero-order valence-corrected chi connectivity index (χ0v) is 14.0. The highest BCUT2D eigenvalue weighted by molar-refractivity contribution is 7.98. The Morgan fingerprint density at radius 3 is 2.35 bits per heavy atom. The lowest BCUT2D eigenvalue weighted by atomic mass is 10.0. The Kier molecular flexibility index (Phi) is 8.04. The summed E-state index contributed by atoms with van der Waals surface area (Å²) in [5.41, 5.74) is 7.27. The van der Waals surface area contributed by atoms with Gasteiger partial charge in [-0.1, -0.05) is 19.1 Å². The minimum absolute atomic E-state index is 0.266. The molecular formula is C16H28N2OS. The Balaban J connectivity index is 2.82. The smallest absolute Gasteiger partial charge is 0.119 e. The number of thioether (sulfide) groups is 1. The SMILES string of the molecule is CCOc1ccc(C(CN)N(C)C(CC)CSC)cc1. The van der Waals surface area contributed by atoms with Crippen molar-refractivity contribution in [1.29, 1.82) is 0 Å². The predicted molar refractivity (Wildman–Crippen MR) is 89.6 cm³/mol. The molecule has 0 saturated carbocycles. The molecule has 2 atom stereocenters. The molecule has 0 aliphatic carbocycles. The van der Waals surface area contributed by atoms with Gasteiger partial charge in [-0.3, -0.25) is 4.90 Å². The van der Waals surface area contributed by atoms with Crippen LogP contribution >= 0.6 is 11.8 Å². The number of likely N-dealkylation sites (N-methyl/N-ethyl adjacent to an activating group) is 1. The van der Waals surface area contributed by atoms with Crippen LogP contribution in [-0.2, 0) is 0 Å². The molecule has 0 amide bonds. The van der Waals surface area contributed by atoms with Crippen LogP contribution in [0.1, 0.15) is 31.9 Å². The molecule has 0 heterocycles. The van der Waals surface area contributed by atoms with Crippen LogP contribution in [0.15, 0.2) is 24.3 Å². The van der Waals surface area contributed by atoms with Gasteiger partial charge in [-0.2, -0.15) is 11.8 Å². The van der Waals surface area contributed by atoms with Gasteiger partial charge in [-0.15, -0.1) is 0 Å². The van der Waals surface area contributed by atoms with E-state index in [0.29, 0.717) is 19.2 Å². The molecule has 2 N–H and O–H groups in total. The summed E-state index contributed by atoms with van der Waals surface area (Å²) in [6, 6.07) is 9.15. The molecule has 0 aliphatic rings. The molecule has 1 aromatic carbocycles. The van der Waals surface area contributed by atoms with Crippen LogP contribution < -0.4 is 10.5 Å². The lowest BCUT2D eigenvalue weighted by Crippen LogP contribution is -2.39. The van der Waals surface area contributed by atoms with Crippen molar-refractivity contribution >= 4 is 11.8 Å². The Hall–Kier alpha value is -0.710. The second-order valence-electron chi connectivity index (χ2n) is 4.94. The largest absolute Gasteiger partial charge is 0.494 e. The summed E-state index contributed by atoms with van der Waals surface area (Å²) in [7, 11) is 2.18. The van der Waals surface area contributed by atoms with E-state index in [-0.39, 0.29) is 6.04 Å². The highest BCUT2D eigenvalue weighted by atomic mass is 32.2. The maximum absolute atomic E-state index is 6.01. The van der Waals surface area contributed by atoms with E-state index < -0.39 is 0 Å². The third-order valence-corrected chi connectivity index (χ3v) is 4.42. The topological polar surface area (TPSA) is 38.5 Å². The molecule has 1 rings (SSSR count). The summed E-state index contributed by atoms with van der Waals surface area (Å²) < 4.78 is 5.49. The van der Waals surface area contributed by atoms with Crippen molar-refractivity contribution in [2.75, 3.05) is 32.2 Å². The van der Waals surface area contributed by atoms with Crippen molar-refractivity contribution in [3.63, 3.8) is 0 Å². The average molecular weight is 296 g/mol. The summed E-state index contributed by atoms with van der Waals surface area (Å²) >= 11 is 1.89. The van der Waals surface area contributed by atoms with Gasteiger partial charge in [0.25, 0.3) is 0 Å². The van der Waals surface area contributed by atoms with Crippen LogP contribution in [0, 0.1) is 0 Å². The average Bonchev–Trinajstić information content (AvgIpc) is 2.47. The van der Waals surface area contributed by atoms with Crippen LogP contribution in [0.2, 0.25) is 0 Å². The summed E-state index contributed by atoms with van der Waals surface area (Å²) in [4.78, 5) is 2.41. The highest BCUT2D eigenvalue weighted by Crippen LogP contribution is 2.25. The zero-order valence-electron chi connectivity index (χ0n) is 13.1. The van der Waals surface area contributed by atoms with Gasteiger partial charge in [-0.25, -0.2) is 0 Å². The molecule has 2 unspecified atom stereocenters. The first-order valence-electron chi connectivity index (χ1n) is 7.31. The van der Waals surface area contributed by atoms with Crippen LogP contribution in [0.3, 0.4) is 0 Å². The minimum atomic E-state index is 0.266. The van der Waals surface area contributed by atoms with Crippen molar-refractivity contribution in [3.8, 4) is 5.75 Å². The van der Waals surface area contributed by atoms with Gasteiger partial charge in [0.2, 0.25) is 0 Å². The van der Waals surface area contributed by atoms with Gasteiger partial charge >= 0.3 is 0 Å². The molecule has 0 aliphatic heterocycles. The maximum Gasteiger partial charge on any atom is 0.119 e. The number of ether oxygens (including phenoxy) is 1. The third kappa shape index (κ3) is 4.69. The highest BCUT2D eigenvalue weighted by Gasteiger charge is 2.21. The van der Waals surface area contributed by atoms with Crippen LogP contribution in [0.5, 0.6) is 5.75 Å². The summed E-state index contributed by atoms with van der Waals surface area (Å²) in [5, 5.41) is 0. The number of rotatable bonds is 9. The Morgan fingerprint density at radius 1 is 1.25 bits per heavy atom. The lowest BCUT2D eigenvalue weighted by Gasteiger charge is -2.34. The Bertz CT molecular complexity index is 369. The van der Waals surface area contributed by atoms with Crippen molar-refractivity contribution in [2.24, 2.45) is 5.73 Å². The summed E-state index contributed by atoms with van der Waals surface area (Å²) in [6.07, 6.45) is 3.30. The Labute approximate surface area is 127 Å². The molecule has 4 heteroatoms. The first kappa shape index (κ1) is 17.3. The Morgan fingerprint density at radius 2 is 1.90 bits per heavy atom. The molecule has 20 heavy (non-hydrogen) atoms. The van der Waals surface area contributed by atoms with E-state index >= 15 is 0 Å². The second-order valence-corrected chi connectivity index (χ2v) is 5.85. The predicted octanol–water partition coefficient (Wildman–Crippen LogP) is 3.16. The first-order valence-corrected chi connectivity index (χ1v) is 8.70. The molecule has 114 valence electrons. The van der Waals surface area contributed by atoms with Crippen molar-refractivity contribution in [3.05, 3.63) is 29.8 Å². The summed E-state index contributed by atoms with van der Waals surface area (Å²) in [5.74, 6) is 2.06. The van der Waals surface area contributed by atoms with E-state index in [1.807, 2.05) is 30.8 Å². The fourth-order valence-electron chi connectivity index (χ4n) is 2.46. The van der Waals surface area contributed by atoms with E-state index in [4.69, 9.17) is 10.5 Å². The van der Waals surface area contributed by atoms with Crippen molar-refractivity contribution < 1.29 is 4.74 Å². The second kappa shape index (κ2) is 9.27. The quantitative estimate of drug-likeness (QED) is 0.760. The van der Waals surface area contributed by atoms with Gasteiger partial charge in [0.1, 0.15) is 5.75 Å². The first-order chi connectivity index (χ1) is 9.67. The fraction of sp³-hybridized carbons (Fsp3) is 0.625. The van der Waals surface area contributed by atoms with Crippen LogP contribution in [-0.4, -0.2) is 43.1 Å². The molecule has 0 saturated heterocycles.